The Morgan fingerprint density at radius 2 is 1.45 bits per heavy atom. The molecule has 1 aromatic carbocycles. The van der Waals surface area contributed by atoms with Crippen molar-refractivity contribution in [2.45, 2.75) is 40.0 Å². The van der Waals surface area contributed by atoms with Crippen LogP contribution in [0.1, 0.15) is 40.0 Å². The average Bonchev–Trinajstić information content (AvgIpc) is 3.09. The van der Waals surface area contributed by atoms with Crippen molar-refractivity contribution in [2.24, 2.45) is 11.3 Å². The van der Waals surface area contributed by atoms with E-state index in [1.54, 1.807) is 12.1 Å². The summed E-state index contributed by atoms with van der Waals surface area (Å²) in [4.78, 5) is 23.8. The predicted octanol–water partition coefficient (Wildman–Crippen LogP) is 0.856. The van der Waals surface area contributed by atoms with Crippen LogP contribution >= 0.6 is 0 Å². The fourth-order valence-corrected chi connectivity index (χ4v) is 2.45. The number of ether oxygens (including phenoxy) is 1. The van der Waals surface area contributed by atoms with Gasteiger partial charge in [-0.1, -0.05) is 38.0 Å². The number of benzene rings is 1. The summed E-state index contributed by atoms with van der Waals surface area (Å²) in [5, 5.41) is 35.3. The molecule has 1 unspecified atom stereocenters. The number of aliphatic hydroxyl groups excluding tert-OH is 4. The first-order chi connectivity index (χ1) is 14.9. The molecule has 1 aliphatic heterocycles. The minimum absolute atomic E-state index is 0.144. The standard InChI is InChI=1S/C13H16N2O2.C5H12O4.C4H10O/c1-2-3-9-11-12(16)14-15(13(11)17)10-7-5-4-6-8-10;6-1-5(2-7,3-8)4-9;1-3-5-4-2/h4-8,11H,2-3,9H2,1H3,(H,14,16);6-9H,1-4H2;3-4H2,1-2H3. The fraction of sp³-hybridized carbons (Fsp3) is 0.636. The van der Waals surface area contributed by atoms with Gasteiger partial charge in [-0.05, 0) is 32.4 Å². The van der Waals surface area contributed by atoms with E-state index in [1.165, 1.54) is 5.01 Å². The number of hydrogen-bond donors (Lipinski definition) is 5. The summed E-state index contributed by atoms with van der Waals surface area (Å²) in [5.74, 6) is -0.850. The Balaban J connectivity index is 0.000000541. The minimum Gasteiger partial charge on any atom is -0.396 e. The van der Waals surface area contributed by atoms with Gasteiger partial charge in [0, 0.05) is 13.2 Å². The Kier molecular flexibility index (Phi) is 15.5. The van der Waals surface area contributed by atoms with E-state index in [1.807, 2.05) is 39.0 Å². The smallest absolute Gasteiger partial charge is 0.258 e. The highest BCUT2D eigenvalue weighted by molar-refractivity contribution is 6.14. The SMILES string of the molecule is CCCCC1C(=O)NN(c2ccccc2)C1=O.CCOCC.OCC(CO)(CO)CO. The number of carbonyl (C=O) groups is 2. The minimum atomic E-state index is -1.11. The Labute approximate surface area is 184 Å². The third-order valence-corrected chi connectivity index (χ3v) is 4.67. The molecule has 9 nitrogen and oxygen atoms in total. The van der Waals surface area contributed by atoms with Gasteiger partial charge >= 0.3 is 0 Å². The van der Waals surface area contributed by atoms with Gasteiger partial charge in [0.1, 0.15) is 5.92 Å². The highest BCUT2D eigenvalue weighted by Crippen LogP contribution is 2.22. The van der Waals surface area contributed by atoms with Gasteiger partial charge in [0.25, 0.3) is 11.8 Å². The Hall–Kier alpha value is -2.04. The van der Waals surface area contributed by atoms with E-state index in [2.05, 4.69) is 5.43 Å². The average molecular weight is 443 g/mol. The summed E-state index contributed by atoms with van der Waals surface area (Å²) in [6.07, 6.45) is 2.51. The van der Waals surface area contributed by atoms with Crippen LogP contribution in [0.2, 0.25) is 0 Å². The second-order valence-electron chi connectivity index (χ2n) is 7.09. The summed E-state index contributed by atoms with van der Waals surface area (Å²) in [6, 6.07) is 9.17. The maximum atomic E-state index is 12.1. The molecule has 1 aliphatic rings. The zero-order valence-corrected chi connectivity index (χ0v) is 18.8. The van der Waals surface area contributed by atoms with Crippen molar-refractivity contribution in [3.8, 4) is 0 Å². The summed E-state index contributed by atoms with van der Waals surface area (Å²) >= 11 is 0. The van der Waals surface area contributed by atoms with Gasteiger partial charge in [-0.25, -0.2) is 5.01 Å². The molecule has 1 aromatic rings. The Morgan fingerprint density at radius 1 is 0.935 bits per heavy atom. The van der Waals surface area contributed by atoms with Crippen LogP contribution in [0.3, 0.4) is 0 Å². The molecule has 0 saturated carbocycles. The van der Waals surface area contributed by atoms with E-state index in [0.29, 0.717) is 12.1 Å². The fourth-order valence-electron chi connectivity index (χ4n) is 2.45. The highest BCUT2D eigenvalue weighted by Gasteiger charge is 2.39. The lowest BCUT2D eigenvalue weighted by molar-refractivity contribution is -0.127. The largest absolute Gasteiger partial charge is 0.396 e. The first-order valence-corrected chi connectivity index (χ1v) is 10.6. The maximum absolute atomic E-state index is 12.1. The van der Waals surface area contributed by atoms with Crippen molar-refractivity contribution in [1.82, 2.24) is 5.43 Å². The Bertz CT molecular complexity index is 590. The van der Waals surface area contributed by atoms with Crippen LogP contribution in [0.15, 0.2) is 30.3 Å². The maximum Gasteiger partial charge on any atom is 0.258 e. The number of anilines is 1. The van der Waals surface area contributed by atoms with Gasteiger partial charge in [0.2, 0.25) is 0 Å². The molecule has 178 valence electrons. The molecule has 31 heavy (non-hydrogen) atoms. The normalized spacial score (nSPS) is 15.6. The molecule has 0 radical (unpaired) electrons. The van der Waals surface area contributed by atoms with E-state index in [9.17, 15) is 9.59 Å². The summed E-state index contributed by atoms with van der Waals surface area (Å²) in [7, 11) is 0. The zero-order chi connectivity index (χ0) is 23.7. The molecular weight excluding hydrogens is 404 g/mol. The van der Waals surface area contributed by atoms with Gasteiger partial charge in [0.15, 0.2) is 0 Å². The number of nitrogens with zero attached hydrogens (tertiary/aromatic N) is 1. The predicted molar refractivity (Wildman–Crippen MR) is 118 cm³/mol. The van der Waals surface area contributed by atoms with Crippen molar-refractivity contribution in [2.75, 3.05) is 44.7 Å². The number of unbranched alkanes of at least 4 members (excludes halogenated alkanes) is 1. The second kappa shape index (κ2) is 16.6. The quantitative estimate of drug-likeness (QED) is 0.339. The van der Waals surface area contributed by atoms with Crippen LogP contribution in [0.5, 0.6) is 0 Å². The van der Waals surface area contributed by atoms with E-state index < -0.39 is 37.8 Å². The van der Waals surface area contributed by atoms with E-state index >= 15 is 0 Å². The van der Waals surface area contributed by atoms with Crippen molar-refractivity contribution < 1.29 is 34.8 Å². The molecule has 1 saturated heterocycles. The first-order valence-electron chi connectivity index (χ1n) is 10.6. The molecule has 0 aliphatic carbocycles. The number of aliphatic hydroxyl groups is 4. The van der Waals surface area contributed by atoms with Gasteiger partial charge in [-0.3, -0.25) is 15.0 Å². The van der Waals surface area contributed by atoms with Crippen molar-refractivity contribution in [3.63, 3.8) is 0 Å². The van der Waals surface area contributed by atoms with Gasteiger partial charge < -0.3 is 25.2 Å². The number of nitrogens with one attached hydrogen (secondary N) is 1. The number of amides is 2. The number of para-hydroxylation sites is 1. The summed E-state index contributed by atoms with van der Waals surface area (Å²) in [6.45, 7) is 6.09. The third kappa shape index (κ3) is 9.75. The number of hydrazine groups is 1. The first kappa shape index (κ1) is 29.0. The molecule has 0 bridgehead atoms. The van der Waals surface area contributed by atoms with Crippen LogP contribution in [0, 0.1) is 11.3 Å². The van der Waals surface area contributed by atoms with Crippen LogP contribution in [-0.4, -0.2) is 71.9 Å². The lowest BCUT2D eigenvalue weighted by Gasteiger charge is -2.23. The molecule has 0 aromatic heterocycles. The lowest BCUT2D eigenvalue weighted by atomic mass is 9.93. The molecule has 1 atom stereocenters. The molecule has 5 N–H and O–H groups in total. The van der Waals surface area contributed by atoms with Crippen LogP contribution in [0.25, 0.3) is 0 Å². The lowest BCUT2D eigenvalue weighted by Crippen LogP contribution is -2.37. The number of hydrogen-bond acceptors (Lipinski definition) is 7. The van der Waals surface area contributed by atoms with Crippen LogP contribution in [0.4, 0.5) is 5.69 Å². The molecule has 1 heterocycles. The molecule has 1 fully saturated rings. The van der Waals surface area contributed by atoms with Gasteiger partial charge in [0.05, 0.1) is 37.5 Å². The van der Waals surface area contributed by atoms with Crippen LogP contribution in [-0.2, 0) is 14.3 Å². The van der Waals surface area contributed by atoms with Gasteiger partial charge in [-0.15, -0.1) is 0 Å². The van der Waals surface area contributed by atoms with E-state index in [4.69, 9.17) is 25.2 Å². The molecule has 2 rings (SSSR count). The monoisotopic (exact) mass is 442 g/mol. The van der Waals surface area contributed by atoms with E-state index in [0.717, 1.165) is 26.1 Å². The zero-order valence-electron chi connectivity index (χ0n) is 18.8. The third-order valence-electron chi connectivity index (χ3n) is 4.67. The van der Waals surface area contributed by atoms with E-state index in [-0.39, 0.29) is 11.8 Å². The summed E-state index contributed by atoms with van der Waals surface area (Å²) in [5.41, 5.74) is 2.23. The number of carbonyl (C=O) groups excluding carboxylic acids is 2. The molecular formula is C22H38N2O7. The van der Waals surface area contributed by atoms with Gasteiger partial charge in [-0.2, -0.15) is 0 Å². The highest BCUT2D eigenvalue weighted by atomic mass is 16.5. The second-order valence-corrected chi connectivity index (χ2v) is 7.09. The molecule has 2 amide bonds. The Morgan fingerprint density at radius 3 is 1.81 bits per heavy atom. The van der Waals surface area contributed by atoms with Crippen molar-refractivity contribution in [1.29, 1.82) is 0 Å². The van der Waals surface area contributed by atoms with Crippen LogP contribution < -0.4 is 10.4 Å². The van der Waals surface area contributed by atoms with Crippen molar-refractivity contribution in [3.05, 3.63) is 30.3 Å². The molecule has 9 heteroatoms. The molecule has 0 spiro atoms. The topological polar surface area (TPSA) is 140 Å². The number of rotatable bonds is 10. The van der Waals surface area contributed by atoms with Crippen molar-refractivity contribution >= 4 is 17.5 Å². The summed E-state index contributed by atoms with van der Waals surface area (Å²) < 4.78 is 4.83.